The maximum Gasteiger partial charge on any atom is 0.313 e. The summed E-state index contributed by atoms with van der Waals surface area (Å²) in [7, 11) is 1.40. The quantitative estimate of drug-likeness (QED) is 0.619. The lowest BCUT2D eigenvalue weighted by Gasteiger charge is -2.12. The molecule has 80 valence electrons. The second-order valence-corrected chi connectivity index (χ2v) is 4.07. The van der Waals surface area contributed by atoms with Crippen molar-refractivity contribution in [3.8, 4) is 0 Å². The standard InChI is InChI=1S/C12H13BrO2/c1-3-4-11(12(14)15-2)9-5-7-10(13)8-6-9/h3,5-8,11H,1,4H2,2H3. The SMILES string of the molecule is C=CCC(C(=O)OC)c1ccc(Br)cc1. The molecular formula is C12H13BrO2. The van der Waals surface area contributed by atoms with E-state index in [4.69, 9.17) is 4.74 Å². The first kappa shape index (κ1) is 12.0. The van der Waals surface area contributed by atoms with E-state index < -0.39 is 0 Å². The number of rotatable bonds is 4. The van der Waals surface area contributed by atoms with Gasteiger partial charge in [-0.3, -0.25) is 4.79 Å². The van der Waals surface area contributed by atoms with Gasteiger partial charge in [0, 0.05) is 4.47 Å². The van der Waals surface area contributed by atoms with Gasteiger partial charge < -0.3 is 4.74 Å². The Labute approximate surface area is 98.1 Å². The molecule has 0 spiro atoms. The van der Waals surface area contributed by atoms with Crippen molar-refractivity contribution in [3.63, 3.8) is 0 Å². The van der Waals surface area contributed by atoms with E-state index in [9.17, 15) is 4.79 Å². The third-order valence-electron chi connectivity index (χ3n) is 2.16. The Hall–Kier alpha value is -1.09. The van der Waals surface area contributed by atoms with Crippen molar-refractivity contribution in [1.82, 2.24) is 0 Å². The van der Waals surface area contributed by atoms with E-state index >= 15 is 0 Å². The second-order valence-electron chi connectivity index (χ2n) is 3.15. The maximum absolute atomic E-state index is 11.5. The van der Waals surface area contributed by atoms with Crippen LogP contribution in [0.15, 0.2) is 41.4 Å². The number of hydrogen-bond acceptors (Lipinski definition) is 2. The Morgan fingerprint density at radius 2 is 2.13 bits per heavy atom. The summed E-state index contributed by atoms with van der Waals surface area (Å²) in [5.74, 6) is -0.474. The molecule has 0 saturated carbocycles. The highest BCUT2D eigenvalue weighted by atomic mass is 79.9. The average molecular weight is 269 g/mol. The summed E-state index contributed by atoms with van der Waals surface area (Å²) in [6.07, 6.45) is 2.32. The van der Waals surface area contributed by atoms with Crippen molar-refractivity contribution in [2.75, 3.05) is 7.11 Å². The van der Waals surface area contributed by atoms with Crippen molar-refractivity contribution >= 4 is 21.9 Å². The van der Waals surface area contributed by atoms with E-state index in [1.807, 2.05) is 24.3 Å². The Bertz CT molecular complexity index is 343. The molecule has 0 aromatic heterocycles. The summed E-state index contributed by atoms with van der Waals surface area (Å²) in [5.41, 5.74) is 0.949. The molecule has 0 aliphatic rings. The van der Waals surface area contributed by atoms with Gasteiger partial charge in [-0.15, -0.1) is 6.58 Å². The highest BCUT2D eigenvalue weighted by Crippen LogP contribution is 2.23. The van der Waals surface area contributed by atoms with Crippen molar-refractivity contribution in [2.24, 2.45) is 0 Å². The van der Waals surface area contributed by atoms with Crippen LogP contribution in [-0.4, -0.2) is 13.1 Å². The highest BCUT2D eigenvalue weighted by Gasteiger charge is 2.19. The van der Waals surface area contributed by atoms with Crippen molar-refractivity contribution in [1.29, 1.82) is 0 Å². The zero-order chi connectivity index (χ0) is 11.3. The number of ether oxygens (including phenoxy) is 1. The molecule has 0 saturated heterocycles. The second kappa shape index (κ2) is 5.71. The minimum absolute atomic E-state index is 0.225. The number of carbonyl (C=O) groups is 1. The number of allylic oxidation sites excluding steroid dienone is 1. The molecule has 1 unspecified atom stereocenters. The monoisotopic (exact) mass is 268 g/mol. The summed E-state index contributed by atoms with van der Waals surface area (Å²) in [4.78, 5) is 11.5. The predicted molar refractivity (Wildman–Crippen MR) is 63.7 cm³/mol. The Morgan fingerprint density at radius 1 is 1.53 bits per heavy atom. The van der Waals surface area contributed by atoms with Crippen molar-refractivity contribution in [2.45, 2.75) is 12.3 Å². The molecule has 3 heteroatoms. The zero-order valence-corrected chi connectivity index (χ0v) is 10.2. The van der Waals surface area contributed by atoms with E-state index in [0.29, 0.717) is 6.42 Å². The third kappa shape index (κ3) is 3.20. The third-order valence-corrected chi connectivity index (χ3v) is 2.69. The van der Waals surface area contributed by atoms with Crippen molar-refractivity contribution in [3.05, 3.63) is 47.0 Å². The van der Waals surface area contributed by atoms with Crippen LogP contribution >= 0.6 is 15.9 Å². The van der Waals surface area contributed by atoms with E-state index in [1.54, 1.807) is 6.08 Å². The number of hydrogen-bond donors (Lipinski definition) is 0. The van der Waals surface area contributed by atoms with Crippen LogP contribution in [0.3, 0.4) is 0 Å². The Morgan fingerprint density at radius 3 is 2.60 bits per heavy atom. The normalized spacial score (nSPS) is 11.9. The molecule has 1 aromatic carbocycles. The van der Waals surface area contributed by atoms with Gasteiger partial charge in [0.1, 0.15) is 0 Å². The fourth-order valence-corrected chi connectivity index (χ4v) is 1.64. The molecule has 1 aromatic rings. The number of carbonyl (C=O) groups excluding carboxylic acids is 1. The molecule has 1 rings (SSSR count). The van der Waals surface area contributed by atoms with E-state index in [2.05, 4.69) is 22.5 Å². The van der Waals surface area contributed by atoms with Crippen molar-refractivity contribution < 1.29 is 9.53 Å². The first-order chi connectivity index (χ1) is 7.19. The molecule has 2 nitrogen and oxygen atoms in total. The first-order valence-electron chi connectivity index (χ1n) is 4.63. The molecule has 0 radical (unpaired) electrons. The largest absolute Gasteiger partial charge is 0.469 e. The molecule has 0 N–H and O–H groups in total. The zero-order valence-electron chi connectivity index (χ0n) is 8.57. The van der Waals surface area contributed by atoms with Gasteiger partial charge in [-0.25, -0.2) is 0 Å². The minimum Gasteiger partial charge on any atom is -0.469 e. The van der Waals surface area contributed by atoms with Crippen LogP contribution in [0.25, 0.3) is 0 Å². The van der Waals surface area contributed by atoms with Gasteiger partial charge in [0.15, 0.2) is 0 Å². The molecule has 15 heavy (non-hydrogen) atoms. The number of benzene rings is 1. The molecule has 0 aliphatic heterocycles. The summed E-state index contributed by atoms with van der Waals surface area (Å²) in [5, 5.41) is 0. The van der Waals surface area contributed by atoms with E-state index in [1.165, 1.54) is 7.11 Å². The van der Waals surface area contributed by atoms with Crippen LogP contribution in [0.5, 0.6) is 0 Å². The fourth-order valence-electron chi connectivity index (χ4n) is 1.37. The molecule has 0 bridgehead atoms. The first-order valence-corrected chi connectivity index (χ1v) is 5.42. The van der Waals surface area contributed by atoms with Gasteiger partial charge in [-0.1, -0.05) is 34.1 Å². The number of methoxy groups -OCH3 is 1. The van der Waals surface area contributed by atoms with Crippen LogP contribution in [0.4, 0.5) is 0 Å². The Balaban J connectivity index is 2.93. The van der Waals surface area contributed by atoms with Gasteiger partial charge >= 0.3 is 5.97 Å². The number of halogens is 1. The van der Waals surface area contributed by atoms with Crippen LogP contribution in [-0.2, 0) is 9.53 Å². The smallest absolute Gasteiger partial charge is 0.313 e. The summed E-state index contributed by atoms with van der Waals surface area (Å²) in [6, 6.07) is 7.65. The maximum atomic E-state index is 11.5. The minimum atomic E-state index is -0.249. The molecule has 0 amide bonds. The molecule has 1 atom stereocenters. The molecule has 0 fully saturated rings. The van der Waals surface area contributed by atoms with Crippen LogP contribution in [0.1, 0.15) is 17.9 Å². The van der Waals surface area contributed by atoms with E-state index in [0.717, 1.165) is 10.0 Å². The summed E-state index contributed by atoms with van der Waals surface area (Å²) >= 11 is 3.35. The van der Waals surface area contributed by atoms with Crippen LogP contribution in [0.2, 0.25) is 0 Å². The molecular weight excluding hydrogens is 256 g/mol. The summed E-state index contributed by atoms with van der Waals surface area (Å²) in [6.45, 7) is 3.64. The lowest BCUT2D eigenvalue weighted by molar-refractivity contribution is -0.142. The van der Waals surface area contributed by atoms with Gasteiger partial charge in [0.25, 0.3) is 0 Å². The topological polar surface area (TPSA) is 26.3 Å². The van der Waals surface area contributed by atoms with E-state index in [-0.39, 0.29) is 11.9 Å². The van der Waals surface area contributed by atoms with Gasteiger partial charge in [-0.05, 0) is 24.1 Å². The van der Waals surface area contributed by atoms with Gasteiger partial charge in [0.05, 0.1) is 13.0 Å². The highest BCUT2D eigenvalue weighted by molar-refractivity contribution is 9.10. The van der Waals surface area contributed by atoms with Crippen LogP contribution < -0.4 is 0 Å². The van der Waals surface area contributed by atoms with Gasteiger partial charge in [-0.2, -0.15) is 0 Å². The van der Waals surface area contributed by atoms with Crippen LogP contribution in [0, 0.1) is 0 Å². The predicted octanol–water partition coefficient (Wildman–Crippen LogP) is 3.28. The lowest BCUT2D eigenvalue weighted by Crippen LogP contribution is -2.13. The number of esters is 1. The van der Waals surface area contributed by atoms with Gasteiger partial charge in [0.2, 0.25) is 0 Å². The lowest BCUT2D eigenvalue weighted by atomic mass is 9.96. The molecule has 0 aliphatic carbocycles. The Kier molecular flexibility index (Phi) is 4.56. The summed E-state index contributed by atoms with van der Waals surface area (Å²) < 4.78 is 5.75. The average Bonchev–Trinajstić information content (AvgIpc) is 2.26. The molecule has 0 heterocycles. The fraction of sp³-hybridized carbons (Fsp3) is 0.250.